The minimum atomic E-state index is 0.797. The second-order valence-electron chi connectivity index (χ2n) is 6.15. The summed E-state index contributed by atoms with van der Waals surface area (Å²) in [6.07, 6.45) is 6.71. The van der Waals surface area contributed by atoms with Gasteiger partial charge in [0.15, 0.2) is 5.96 Å². The number of hydrogen-bond donors (Lipinski definition) is 2. The van der Waals surface area contributed by atoms with E-state index in [1.807, 2.05) is 14.0 Å². The molecule has 0 radical (unpaired) electrons. The molecule has 0 aliphatic heterocycles. The molecule has 2 fully saturated rings. The van der Waals surface area contributed by atoms with Crippen LogP contribution in [-0.4, -0.2) is 63.3 Å². The van der Waals surface area contributed by atoms with Crippen molar-refractivity contribution in [2.45, 2.75) is 45.1 Å². The molecule has 0 bridgehead atoms. The zero-order valence-electron chi connectivity index (χ0n) is 13.7. The molecule has 0 aromatic rings. The summed E-state index contributed by atoms with van der Waals surface area (Å²) in [5.41, 5.74) is 0. The van der Waals surface area contributed by atoms with Crippen LogP contribution in [0.4, 0.5) is 0 Å². The van der Waals surface area contributed by atoms with Crippen LogP contribution >= 0.6 is 0 Å². The van der Waals surface area contributed by atoms with Crippen LogP contribution in [0, 0.1) is 5.92 Å². The third-order valence-electron chi connectivity index (χ3n) is 4.13. The summed E-state index contributed by atoms with van der Waals surface area (Å²) < 4.78 is 5.33. The first kappa shape index (κ1) is 16.6. The molecule has 5 heteroatoms. The lowest BCUT2D eigenvalue weighted by Gasteiger charge is -2.22. The zero-order chi connectivity index (χ0) is 14.9. The molecule has 2 saturated carbocycles. The Labute approximate surface area is 129 Å². The van der Waals surface area contributed by atoms with Gasteiger partial charge >= 0.3 is 0 Å². The van der Waals surface area contributed by atoms with Gasteiger partial charge in [-0.25, -0.2) is 0 Å². The molecule has 2 rings (SSSR count). The normalized spacial score (nSPS) is 19.1. The highest BCUT2D eigenvalue weighted by atomic mass is 16.5. The minimum Gasteiger partial charge on any atom is -0.382 e. The zero-order valence-corrected chi connectivity index (χ0v) is 13.7. The number of nitrogens with zero attached hydrogens (tertiary/aromatic N) is 2. The van der Waals surface area contributed by atoms with Gasteiger partial charge in [0.25, 0.3) is 0 Å². The molecule has 2 aliphatic rings. The first-order chi connectivity index (χ1) is 10.3. The average molecular weight is 296 g/mol. The number of hydrogen-bond acceptors (Lipinski definition) is 3. The van der Waals surface area contributed by atoms with Crippen LogP contribution in [0.1, 0.15) is 39.0 Å². The molecule has 0 heterocycles. The van der Waals surface area contributed by atoms with Crippen molar-refractivity contribution < 1.29 is 4.74 Å². The number of ether oxygens (including phenoxy) is 1. The van der Waals surface area contributed by atoms with E-state index >= 15 is 0 Å². The molecule has 0 saturated heterocycles. The molecule has 0 unspecified atom stereocenters. The largest absolute Gasteiger partial charge is 0.382 e. The van der Waals surface area contributed by atoms with E-state index in [-0.39, 0.29) is 0 Å². The van der Waals surface area contributed by atoms with Gasteiger partial charge < -0.3 is 15.4 Å². The van der Waals surface area contributed by atoms with E-state index < -0.39 is 0 Å². The number of aliphatic imine (C=N–C) groups is 1. The molecule has 2 aliphatic carbocycles. The Kier molecular flexibility index (Phi) is 7.30. The summed E-state index contributed by atoms with van der Waals surface area (Å²) in [7, 11) is 1.83. The standard InChI is InChI=1S/C16H32N4O/c1-3-21-12-4-9-18-16(17-2)19-10-11-20(15-7-8-15)13-14-5-6-14/h14-15H,3-13H2,1-2H3,(H2,17,18,19). The van der Waals surface area contributed by atoms with Gasteiger partial charge in [0.05, 0.1) is 0 Å². The van der Waals surface area contributed by atoms with Crippen molar-refractivity contribution in [3.8, 4) is 0 Å². The summed E-state index contributed by atoms with van der Waals surface area (Å²) in [5, 5.41) is 6.76. The molecule has 5 nitrogen and oxygen atoms in total. The molecular formula is C16H32N4O. The highest BCUT2D eigenvalue weighted by Gasteiger charge is 2.33. The Morgan fingerprint density at radius 2 is 1.95 bits per heavy atom. The number of nitrogens with one attached hydrogen (secondary N) is 2. The Hall–Kier alpha value is -0.810. The highest BCUT2D eigenvalue weighted by molar-refractivity contribution is 5.79. The molecular weight excluding hydrogens is 264 g/mol. The van der Waals surface area contributed by atoms with Crippen molar-refractivity contribution >= 4 is 5.96 Å². The minimum absolute atomic E-state index is 0.797. The Balaban J connectivity index is 1.54. The van der Waals surface area contributed by atoms with Gasteiger partial charge in [-0.15, -0.1) is 0 Å². The molecule has 122 valence electrons. The van der Waals surface area contributed by atoms with E-state index in [2.05, 4.69) is 20.5 Å². The highest BCUT2D eigenvalue weighted by Crippen LogP contribution is 2.34. The summed E-state index contributed by atoms with van der Waals surface area (Å²) >= 11 is 0. The van der Waals surface area contributed by atoms with Crippen LogP contribution in [0.15, 0.2) is 4.99 Å². The van der Waals surface area contributed by atoms with Crippen LogP contribution in [0.3, 0.4) is 0 Å². The third kappa shape index (κ3) is 7.14. The average Bonchev–Trinajstić information content (AvgIpc) is 3.37. The quantitative estimate of drug-likeness (QED) is 0.344. The van der Waals surface area contributed by atoms with E-state index in [0.717, 1.165) is 57.2 Å². The van der Waals surface area contributed by atoms with E-state index in [4.69, 9.17) is 4.74 Å². The Bertz CT molecular complexity index is 313. The topological polar surface area (TPSA) is 48.9 Å². The maximum absolute atomic E-state index is 5.33. The predicted molar refractivity (Wildman–Crippen MR) is 87.8 cm³/mol. The van der Waals surface area contributed by atoms with Crippen molar-refractivity contribution in [3.05, 3.63) is 0 Å². The molecule has 0 aromatic heterocycles. The molecule has 0 atom stereocenters. The van der Waals surface area contributed by atoms with Gasteiger partial charge in [0.1, 0.15) is 0 Å². The van der Waals surface area contributed by atoms with Crippen LogP contribution in [0.2, 0.25) is 0 Å². The smallest absolute Gasteiger partial charge is 0.191 e. The van der Waals surface area contributed by atoms with Gasteiger partial charge in [-0.2, -0.15) is 0 Å². The van der Waals surface area contributed by atoms with Crippen molar-refractivity contribution in [3.63, 3.8) is 0 Å². The first-order valence-corrected chi connectivity index (χ1v) is 8.59. The second-order valence-corrected chi connectivity index (χ2v) is 6.15. The third-order valence-corrected chi connectivity index (χ3v) is 4.13. The van der Waals surface area contributed by atoms with Gasteiger partial charge in [-0.05, 0) is 44.9 Å². The van der Waals surface area contributed by atoms with Crippen LogP contribution < -0.4 is 10.6 Å². The first-order valence-electron chi connectivity index (χ1n) is 8.59. The lowest BCUT2D eigenvalue weighted by molar-refractivity contribution is 0.145. The lowest BCUT2D eigenvalue weighted by atomic mass is 10.3. The maximum atomic E-state index is 5.33. The molecule has 0 amide bonds. The van der Waals surface area contributed by atoms with Crippen LogP contribution in [-0.2, 0) is 4.74 Å². The maximum Gasteiger partial charge on any atom is 0.191 e. The predicted octanol–water partition coefficient (Wildman–Crippen LogP) is 1.45. The molecule has 0 aromatic carbocycles. The van der Waals surface area contributed by atoms with Gasteiger partial charge in [-0.3, -0.25) is 9.89 Å². The SMILES string of the molecule is CCOCCCNC(=NC)NCCN(CC1CC1)C1CC1. The van der Waals surface area contributed by atoms with Gasteiger partial charge in [-0.1, -0.05) is 0 Å². The molecule has 0 spiro atoms. The monoisotopic (exact) mass is 296 g/mol. The summed E-state index contributed by atoms with van der Waals surface area (Å²) in [5.74, 6) is 1.90. The summed E-state index contributed by atoms with van der Waals surface area (Å²) in [4.78, 5) is 6.95. The molecule has 2 N–H and O–H groups in total. The Morgan fingerprint density at radius 1 is 1.19 bits per heavy atom. The molecule has 21 heavy (non-hydrogen) atoms. The number of guanidine groups is 1. The van der Waals surface area contributed by atoms with Gasteiger partial charge in [0, 0.05) is 52.5 Å². The fourth-order valence-electron chi connectivity index (χ4n) is 2.56. The second kappa shape index (κ2) is 9.26. The van der Waals surface area contributed by atoms with E-state index in [0.29, 0.717) is 0 Å². The summed E-state index contributed by atoms with van der Waals surface area (Å²) in [6, 6.07) is 0.869. The van der Waals surface area contributed by atoms with Gasteiger partial charge in [0.2, 0.25) is 0 Å². The fourth-order valence-corrected chi connectivity index (χ4v) is 2.56. The van der Waals surface area contributed by atoms with Crippen LogP contribution in [0.5, 0.6) is 0 Å². The van der Waals surface area contributed by atoms with E-state index in [1.165, 1.54) is 32.2 Å². The van der Waals surface area contributed by atoms with Crippen molar-refractivity contribution in [2.75, 3.05) is 46.4 Å². The van der Waals surface area contributed by atoms with E-state index in [1.54, 1.807) is 0 Å². The van der Waals surface area contributed by atoms with Crippen molar-refractivity contribution in [2.24, 2.45) is 10.9 Å². The van der Waals surface area contributed by atoms with Crippen molar-refractivity contribution in [1.29, 1.82) is 0 Å². The fraction of sp³-hybridized carbons (Fsp3) is 0.938. The summed E-state index contributed by atoms with van der Waals surface area (Å²) in [6.45, 7) is 7.99. The number of rotatable bonds is 11. The lowest BCUT2D eigenvalue weighted by Crippen LogP contribution is -2.42. The van der Waals surface area contributed by atoms with Crippen LogP contribution in [0.25, 0.3) is 0 Å². The van der Waals surface area contributed by atoms with Crippen molar-refractivity contribution in [1.82, 2.24) is 15.5 Å². The van der Waals surface area contributed by atoms with E-state index in [9.17, 15) is 0 Å². The Morgan fingerprint density at radius 3 is 2.57 bits per heavy atom.